The van der Waals surface area contributed by atoms with Gasteiger partial charge in [0.05, 0.1) is 5.41 Å². The van der Waals surface area contributed by atoms with Crippen LogP contribution in [0, 0.1) is 0 Å². The first-order valence-corrected chi connectivity index (χ1v) is 7.30. The van der Waals surface area contributed by atoms with Crippen LogP contribution in [0.2, 0.25) is 0 Å². The first kappa shape index (κ1) is 15.4. The highest BCUT2D eigenvalue weighted by Crippen LogP contribution is 2.33. The van der Waals surface area contributed by atoms with Crippen molar-refractivity contribution in [3.8, 4) is 0 Å². The lowest BCUT2D eigenvalue weighted by molar-refractivity contribution is -0.136. The van der Waals surface area contributed by atoms with Gasteiger partial charge in [-0.1, -0.05) is 35.5 Å². The van der Waals surface area contributed by atoms with Crippen molar-refractivity contribution in [2.24, 2.45) is 10.9 Å². The first-order valence-electron chi connectivity index (χ1n) is 7.30. The monoisotopic (exact) mass is 289 g/mol. The molecular formula is C16H23N3O2. The lowest BCUT2D eigenvalue weighted by Gasteiger charge is -2.32. The third-order valence-electron chi connectivity index (χ3n) is 4.02. The fourth-order valence-electron chi connectivity index (χ4n) is 2.46. The van der Waals surface area contributed by atoms with E-state index in [0.29, 0.717) is 19.0 Å². The van der Waals surface area contributed by atoms with E-state index in [0.717, 1.165) is 18.4 Å². The minimum Gasteiger partial charge on any atom is -0.409 e. The number of hydrogen-bond donors (Lipinski definition) is 2. The Morgan fingerprint density at radius 3 is 2.52 bits per heavy atom. The van der Waals surface area contributed by atoms with Gasteiger partial charge in [0.2, 0.25) is 5.91 Å². The lowest BCUT2D eigenvalue weighted by atomic mass is 9.83. The molecule has 0 spiro atoms. The fourth-order valence-corrected chi connectivity index (χ4v) is 2.46. The molecule has 0 radical (unpaired) electrons. The Kier molecular flexibility index (Phi) is 4.50. The molecule has 1 fully saturated rings. The number of carbonyl (C=O) groups excluding carboxylic acids is 1. The van der Waals surface area contributed by atoms with Crippen LogP contribution in [-0.2, 0) is 10.2 Å². The summed E-state index contributed by atoms with van der Waals surface area (Å²) in [7, 11) is 0. The van der Waals surface area contributed by atoms with Crippen LogP contribution in [0.5, 0.6) is 0 Å². The van der Waals surface area contributed by atoms with Crippen molar-refractivity contribution in [1.82, 2.24) is 4.90 Å². The van der Waals surface area contributed by atoms with Gasteiger partial charge in [-0.3, -0.25) is 4.79 Å². The van der Waals surface area contributed by atoms with Crippen molar-refractivity contribution in [2.75, 3.05) is 6.54 Å². The summed E-state index contributed by atoms with van der Waals surface area (Å²) in [6.45, 7) is 4.39. The average Bonchev–Trinajstić information content (AvgIpc) is 3.32. The maximum absolute atomic E-state index is 12.9. The van der Waals surface area contributed by atoms with Gasteiger partial charge in [0.1, 0.15) is 5.84 Å². The van der Waals surface area contributed by atoms with E-state index in [9.17, 15) is 4.79 Å². The smallest absolute Gasteiger partial charge is 0.232 e. The number of nitrogens with zero attached hydrogens (tertiary/aromatic N) is 2. The number of nitrogens with two attached hydrogens (primary N) is 1. The van der Waals surface area contributed by atoms with Crippen LogP contribution in [0.3, 0.4) is 0 Å². The van der Waals surface area contributed by atoms with Crippen molar-refractivity contribution in [2.45, 2.75) is 44.6 Å². The summed E-state index contributed by atoms with van der Waals surface area (Å²) < 4.78 is 0. The predicted molar refractivity (Wildman–Crippen MR) is 82.2 cm³/mol. The Morgan fingerprint density at radius 2 is 2.00 bits per heavy atom. The molecule has 0 atom stereocenters. The number of oxime groups is 1. The fraction of sp³-hybridized carbons (Fsp3) is 0.500. The molecule has 0 heterocycles. The zero-order valence-corrected chi connectivity index (χ0v) is 12.6. The SMILES string of the molecule is CC(C)(C(=O)N(CCC(N)=NO)C1CC1)c1ccccc1. The number of carbonyl (C=O) groups is 1. The Balaban J connectivity index is 2.14. The van der Waals surface area contributed by atoms with Crippen LogP contribution in [0.15, 0.2) is 35.5 Å². The quantitative estimate of drug-likeness (QED) is 0.364. The molecule has 0 bridgehead atoms. The molecule has 0 aromatic heterocycles. The van der Waals surface area contributed by atoms with Crippen molar-refractivity contribution < 1.29 is 10.0 Å². The van der Waals surface area contributed by atoms with Gasteiger partial charge in [-0.2, -0.15) is 0 Å². The van der Waals surface area contributed by atoms with E-state index >= 15 is 0 Å². The summed E-state index contributed by atoms with van der Waals surface area (Å²) in [5.74, 6) is 0.257. The largest absolute Gasteiger partial charge is 0.409 e. The van der Waals surface area contributed by atoms with Crippen LogP contribution in [-0.4, -0.2) is 34.4 Å². The second kappa shape index (κ2) is 6.16. The highest BCUT2D eigenvalue weighted by atomic mass is 16.4. The molecule has 1 aliphatic carbocycles. The molecule has 21 heavy (non-hydrogen) atoms. The highest BCUT2D eigenvalue weighted by Gasteiger charge is 2.40. The van der Waals surface area contributed by atoms with Gasteiger partial charge in [-0.15, -0.1) is 0 Å². The number of amides is 1. The van der Waals surface area contributed by atoms with Crippen molar-refractivity contribution in [3.05, 3.63) is 35.9 Å². The molecule has 5 heteroatoms. The van der Waals surface area contributed by atoms with Gasteiger partial charge >= 0.3 is 0 Å². The van der Waals surface area contributed by atoms with Crippen molar-refractivity contribution in [1.29, 1.82) is 0 Å². The molecule has 1 saturated carbocycles. The van der Waals surface area contributed by atoms with E-state index in [1.54, 1.807) is 0 Å². The van der Waals surface area contributed by atoms with Gasteiger partial charge < -0.3 is 15.8 Å². The van der Waals surface area contributed by atoms with Crippen LogP contribution in [0.4, 0.5) is 0 Å². The Morgan fingerprint density at radius 1 is 1.38 bits per heavy atom. The van der Waals surface area contributed by atoms with Gasteiger partial charge in [0.15, 0.2) is 0 Å². The van der Waals surface area contributed by atoms with E-state index in [2.05, 4.69) is 5.16 Å². The number of benzene rings is 1. The molecule has 1 aromatic rings. The standard InChI is InChI=1S/C16H23N3O2/c1-16(2,12-6-4-3-5-7-12)15(20)19(13-8-9-13)11-10-14(17)18-21/h3-7,13,21H,8-11H2,1-2H3,(H2,17,18). The van der Waals surface area contributed by atoms with Crippen LogP contribution < -0.4 is 5.73 Å². The maximum atomic E-state index is 12.9. The normalized spacial score (nSPS) is 15.8. The zero-order valence-electron chi connectivity index (χ0n) is 12.6. The van der Waals surface area contributed by atoms with E-state index in [1.165, 1.54) is 0 Å². The molecule has 0 unspecified atom stereocenters. The summed E-state index contributed by atoms with van der Waals surface area (Å²) in [4.78, 5) is 14.8. The van der Waals surface area contributed by atoms with E-state index in [1.807, 2.05) is 49.1 Å². The van der Waals surface area contributed by atoms with E-state index in [4.69, 9.17) is 10.9 Å². The van der Waals surface area contributed by atoms with Gasteiger partial charge in [0, 0.05) is 19.0 Å². The topological polar surface area (TPSA) is 78.9 Å². The Bertz CT molecular complexity index is 522. The highest BCUT2D eigenvalue weighted by molar-refractivity contribution is 5.88. The summed E-state index contributed by atoms with van der Waals surface area (Å²) >= 11 is 0. The summed E-state index contributed by atoms with van der Waals surface area (Å²) in [5, 5.41) is 11.6. The molecule has 3 N–H and O–H groups in total. The molecule has 1 amide bonds. The third-order valence-corrected chi connectivity index (χ3v) is 4.02. The van der Waals surface area contributed by atoms with E-state index in [-0.39, 0.29) is 11.7 Å². The van der Waals surface area contributed by atoms with Crippen LogP contribution in [0.1, 0.15) is 38.7 Å². The van der Waals surface area contributed by atoms with Gasteiger partial charge in [0.25, 0.3) is 0 Å². The molecule has 2 rings (SSSR count). The minimum absolute atomic E-state index is 0.0990. The number of amidine groups is 1. The average molecular weight is 289 g/mol. The Labute approximate surface area is 125 Å². The Hall–Kier alpha value is -2.04. The minimum atomic E-state index is -0.574. The molecule has 0 saturated heterocycles. The van der Waals surface area contributed by atoms with Crippen molar-refractivity contribution >= 4 is 11.7 Å². The number of hydrogen-bond acceptors (Lipinski definition) is 3. The molecule has 5 nitrogen and oxygen atoms in total. The predicted octanol–water partition coefficient (Wildman–Crippen LogP) is 2.09. The van der Waals surface area contributed by atoms with E-state index < -0.39 is 5.41 Å². The molecule has 1 aliphatic rings. The summed E-state index contributed by atoms with van der Waals surface area (Å²) in [6, 6.07) is 10.1. The van der Waals surface area contributed by atoms with Gasteiger partial charge in [-0.25, -0.2) is 0 Å². The first-order chi connectivity index (χ1) is 9.96. The summed E-state index contributed by atoms with van der Waals surface area (Å²) in [5.41, 5.74) is 5.95. The zero-order chi connectivity index (χ0) is 15.5. The second-order valence-electron chi connectivity index (χ2n) is 6.06. The molecule has 1 aromatic carbocycles. The molecular weight excluding hydrogens is 266 g/mol. The number of rotatable bonds is 6. The second-order valence-corrected chi connectivity index (χ2v) is 6.06. The van der Waals surface area contributed by atoms with Crippen molar-refractivity contribution in [3.63, 3.8) is 0 Å². The van der Waals surface area contributed by atoms with Gasteiger partial charge in [-0.05, 0) is 32.3 Å². The molecule has 0 aliphatic heterocycles. The summed E-state index contributed by atoms with van der Waals surface area (Å²) in [6.07, 6.45) is 2.46. The van der Waals surface area contributed by atoms with Crippen LogP contribution in [0.25, 0.3) is 0 Å². The third kappa shape index (κ3) is 3.54. The molecule has 114 valence electrons. The lowest BCUT2D eigenvalue weighted by Crippen LogP contribution is -2.45. The maximum Gasteiger partial charge on any atom is 0.232 e. The van der Waals surface area contributed by atoms with Crippen LogP contribution >= 0.6 is 0 Å².